The molecule has 0 N–H and O–H groups in total. The summed E-state index contributed by atoms with van der Waals surface area (Å²) in [6.07, 6.45) is 3.43. The van der Waals surface area contributed by atoms with Crippen molar-refractivity contribution in [3.8, 4) is 0 Å². The molecule has 2 rings (SSSR count). The second-order valence-corrected chi connectivity index (χ2v) is 3.25. The summed E-state index contributed by atoms with van der Waals surface area (Å²) < 4.78 is 0. The van der Waals surface area contributed by atoms with Crippen LogP contribution in [-0.2, 0) is 0 Å². The quantitative estimate of drug-likeness (QED) is 0.609. The molecule has 0 fully saturated rings. The lowest BCUT2D eigenvalue weighted by Gasteiger charge is -2.14. The van der Waals surface area contributed by atoms with Gasteiger partial charge >= 0.3 is 0 Å². The highest BCUT2D eigenvalue weighted by Gasteiger charge is 2.09. The lowest BCUT2D eigenvalue weighted by Crippen LogP contribution is -2.11. The fourth-order valence-corrected chi connectivity index (χ4v) is 1.52. The summed E-state index contributed by atoms with van der Waals surface area (Å²) >= 11 is 0. The Kier molecular flexibility index (Phi) is 1.86. The first-order valence-electron chi connectivity index (χ1n) is 4.35. The van der Waals surface area contributed by atoms with Crippen molar-refractivity contribution in [2.24, 2.45) is 0 Å². The van der Waals surface area contributed by atoms with E-state index in [0.29, 0.717) is 0 Å². The first-order valence-corrected chi connectivity index (χ1v) is 4.35. The van der Waals surface area contributed by atoms with Crippen molar-refractivity contribution in [1.82, 2.24) is 0 Å². The van der Waals surface area contributed by atoms with E-state index in [0.717, 1.165) is 6.54 Å². The van der Waals surface area contributed by atoms with Gasteiger partial charge in [0, 0.05) is 18.4 Å². The number of hydrogen-bond donors (Lipinski definition) is 0. The van der Waals surface area contributed by atoms with E-state index in [1.807, 2.05) is 0 Å². The van der Waals surface area contributed by atoms with E-state index in [-0.39, 0.29) is 0 Å². The molecule has 0 atom stereocenters. The average Bonchev–Trinajstić information content (AvgIpc) is 2.54. The molecule has 1 aromatic carbocycles. The lowest BCUT2D eigenvalue weighted by atomic mass is 10.3. The van der Waals surface area contributed by atoms with Crippen LogP contribution in [-0.4, -0.2) is 6.54 Å². The molecule has 0 spiro atoms. The van der Waals surface area contributed by atoms with Crippen LogP contribution in [0.5, 0.6) is 0 Å². The van der Waals surface area contributed by atoms with Crippen molar-refractivity contribution >= 4 is 5.69 Å². The third-order valence-electron chi connectivity index (χ3n) is 2.21. The van der Waals surface area contributed by atoms with Gasteiger partial charge in [0.05, 0.1) is 0 Å². The summed E-state index contributed by atoms with van der Waals surface area (Å²) in [5.41, 5.74) is 2.77. The smallest absolute Gasteiger partial charge is 0.0406 e. The summed E-state index contributed by atoms with van der Waals surface area (Å²) in [6, 6.07) is 10.5. The highest BCUT2D eigenvalue weighted by molar-refractivity contribution is 5.51. The van der Waals surface area contributed by atoms with Crippen molar-refractivity contribution in [2.45, 2.75) is 13.3 Å². The van der Waals surface area contributed by atoms with Crippen LogP contribution in [0, 0.1) is 0 Å². The Hall–Kier alpha value is -1.24. The van der Waals surface area contributed by atoms with Gasteiger partial charge in [0.1, 0.15) is 0 Å². The second-order valence-electron chi connectivity index (χ2n) is 3.25. The van der Waals surface area contributed by atoms with Gasteiger partial charge in [0.25, 0.3) is 0 Å². The molecule has 12 heavy (non-hydrogen) atoms. The minimum Gasteiger partial charge on any atom is -0.348 e. The molecule has 0 amide bonds. The second kappa shape index (κ2) is 3.02. The molecule has 1 aromatic rings. The first kappa shape index (κ1) is 7.41. The summed E-state index contributed by atoms with van der Waals surface area (Å²) in [7, 11) is 0. The van der Waals surface area contributed by atoms with Crippen LogP contribution < -0.4 is 4.90 Å². The number of rotatable bonds is 1. The van der Waals surface area contributed by atoms with Crippen LogP contribution in [0.2, 0.25) is 0 Å². The zero-order chi connectivity index (χ0) is 8.39. The number of benzene rings is 1. The third kappa shape index (κ3) is 1.35. The van der Waals surface area contributed by atoms with Crippen molar-refractivity contribution in [3.63, 3.8) is 0 Å². The first-order chi connectivity index (χ1) is 5.86. The number of para-hydroxylation sites is 1. The highest BCUT2D eigenvalue weighted by Crippen LogP contribution is 2.21. The van der Waals surface area contributed by atoms with Crippen molar-refractivity contribution in [1.29, 1.82) is 0 Å². The molecule has 0 unspecified atom stereocenters. The van der Waals surface area contributed by atoms with Crippen LogP contribution in [0.4, 0.5) is 5.69 Å². The Labute approximate surface area is 73.3 Å². The fraction of sp³-hybridized carbons (Fsp3) is 0.273. The van der Waals surface area contributed by atoms with E-state index in [2.05, 4.69) is 48.4 Å². The maximum Gasteiger partial charge on any atom is 0.0406 e. The third-order valence-corrected chi connectivity index (χ3v) is 2.21. The molecule has 0 bridgehead atoms. The van der Waals surface area contributed by atoms with Crippen LogP contribution in [0.25, 0.3) is 0 Å². The zero-order valence-corrected chi connectivity index (χ0v) is 7.33. The molecule has 0 aromatic heterocycles. The molecular weight excluding hydrogens is 146 g/mol. The van der Waals surface area contributed by atoms with Gasteiger partial charge in [-0.25, -0.2) is 0 Å². The Bertz CT molecular complexity index is 287. The summed E-state index contributed by atoms with van der Waals surface area (Å²) in [4.78, 5) is 2.30. The average molecular weight is 159 g/mol. The molecule has 1 heteroatoms. The molecule has 0 saturated heterocycles. The molecule has 62 valence electrons. The van der Waals surface area contributed by atoms with Crippen LogP contribution in [0.15, 0.2) is 42.1 Å². The number of nitrogens with zero attached hydrogens (tertiary/aromatic N) is 1. The van der Waals surface area contributed by atoms with E-state index in [1.54, 1.807) is 0 Å². The van der Waals surface area contributed by atoms with Gasteiger partial charge in [-0.1, -0.05) is 23.8 Å². The highest BCUT2D eigenvalue weighted by atomic mass is 15.1. The standard InChI is InChI=1S/C11H13N/c1-10-7-8-12(9-10)11-5-3-2-4-6-11/h2-6,9H,7-8H2,1H3. The zero-order valence-electron chi connectivity index (χ0n) is 7.33. The van der Waals surface area contributed by atoms with Gasteiger partial charge in [-0.3, -0.25) is 0 Å². The van der Waals surface area contributed by atoms with Crippen molar-refractivity contribution < 1.29 is 0 Å². The topological polar surface area (TPSA) is 3.24 Å². The van der Waals surface area contributed by atoms with Gasteiger partial charge in [-0.15, -0.1) is 0 Å². The van der Waals surface area contributed by atoms with E-state index in [4.69, 9.17) is 0 Å². The van der Waals surface area contributed by atoms with E-state index in [9.17, 15) is 0 Å². The minimum atomic E-state index is 1.13. The van der Waals surface area contributed by atoms with Crippen molar-refractivity contribution in [3.05, 3.63) is 42.1 Å². The van der Waals surface area contributed by atoms with Gasteiger partial charge in [0.15, 0.2) is 0 Å². The van der Waals surface area contributed by atoms with Crippen molar-refractivity contribution in [2.75, 3.05) is 11.4 Å². The van der Waals surface area contributed by atoms with Crippen LogP contribution >= 0.6 is 0 Å². The summed E-state index contributed by atoms with van der Waals surface area (Å²) in [6.45, 7) is 3.32. The Balaban J connectivity index is 2.22. The Morgan fingerprint density at radius 2 is 1.92 bits per heavy atom. The number of anilines is 1. The number of hydrogen-bond acceptors (Lipinski definition) is 1. The molecule has 0 radical (unpaired) electrons. The maximum absolute atomic E-state index is 2.30. The molecule has 1 heterocycles. The van der Waals surface area contributed by atoms with E-state index >= 15 is 0 Å². The predicted molar refractivity (Wildman–Crippen MR) is 52.2 cm³/mol. The molecule has 1 nitrogen and oxygen atoms in total. The molecule has 0 saturated carbocycles. The van der Waals surface area contributed by atoms with Crippen LogP contribution in [0.3, 0.4) is 0 Å². The molecule has 1 aliphatic rings. The SMILES string of the molecule is CC1=CN(c2ccccc2)CC1. The van der Waals surface area contributed by atoms with Gasteiger partial charge < -0.3 is 4.90 Å². The fourth-order valence-electron chi connectivity index (χ4n) is 1.52. The van der Waals surface area contributed by atoms with Crippen LogP contribution in [0.1, 0.15) is 13.3 Å². The Morgan fingerprint density at radius 1 is 1.17 bits per heavy atom. The molecule has 0 aliphatic carbocycles. The van der Waals surface area contributed by atoms with Gasteiger partial charge in [-0.05, 0) is 25.5 Å². The largest absolute Gasteiger partial charge is 0.348 e. The van der Waals surface area contributed by atoms with Gasteiger partial charge in [0.2, 0.25) is 0 Å². The maximum atomic E-state index is 2.30. The molecular formula is C11H13N. The summed E-state index contributed by atoms with van der Waals surface area (Å²) in [5, 5.41) is 0. The monoisotopic (exact) mass is 159 g/mol. The van der Waals surface area contributed by atoms with E-state index < -0.39 is 0 Å². The normalized spacial score (nSPS) is 16.4. The van der Waals surface area contributed by atoms with E-state index in [1.165, 1.54) is 17.7 Å². The lowest BCUT2D eigenvalue weighted by molar-refractivity contribution is 0.977. The minimum absolute atomic E-state index is 1.13. The Morgan fingerprint density at radius 3 is 2.50 bits per heavy atom. The van der Waals surface area contributed by atoms with Gasteiger partial charge in [-0.2, -0.15) is 0 Å². The predicted octanol–water partition coefficient (Wildman–Crippen LogP) is 2.80. The molecule has 1 aliphatic heterocycles. The summed E-state index contributed by atoms with van der Waals surface area (Å²) in [5.74, 6) is 0.